The van der Waals surface area contributed by atoms with E-state index in [0.29, 0.717) is 12.5 Å². The Labute approximate surface area is 152 Å². The summed E-state index contributed by atoms with van der Waals surface area (Å²) in [5.41, 5.74) is -1.36. The molecule has 0 saturated heterocycles. The second kappa shape index (κ2) is 9.66. The molecule has 0 aliphatic carbocycles. The summed E-state index contributed by atoms with van der Waals surface area (Å²) < 4.78 is 26.8. The number of rotatable bonds is 9. The summed E-state index contributed by atoms with van der Waals surface area (Å²) >= 11 is 0. The van der Waals surface area contributed by atoms with E-state index in [4.69, 9.17) is 22.8 Å². The lowest BCUT2D eigenvalue weighted by molar-refractivity contribution is -0.174. The summed E-state index contributed by atoms with van der Waals surface area (Å²) in [6, 6.07) is 0.485. The topological polar surface area (TPSA) is 80.3 Å². The Bertz CT molecular complexity index is 397. The zero-order chi connectivity index (χ0) is 19.9. The fourth-order valence-electron chi connectivity index (χ4n) is 2.16. The fourth-order valence-corrected chi connectivity index (χ4v) is 3.91. The van der Waals surface area contributed by atoms with Crippen LogP contribution in [-0.4, -0.2) is 53.3 Å². The van der Waals surface area contributed by atoms with Crippen molar-refractivity contribution < 1.29 is 32.3 Å². The van der Waals surface area contributed by atoms with Gasteiger partial charge in [-0.25, -0.2) is 0 Å². The van der Waals surface area contributed by atoms with Gasteiger partial charge in [0, 0.05) is 27.4 Å². The van der Waals surface area contributed by atoms with Gasteiger partial charge >= 0.3 is 20.7 Å². The van der Waals surface area contributed by atoms with Gasteiger partial charge in [0.15, 0.2) is 5.92 Å². The second-order valence-corrected chi connectivity index (χ2v) is 10.9. The minimum atomic E-state index is -2.75. The first-order valence-corrected chi connectivity index (χ1v) is 10.3. The Morgan fingerprint density at radius 2 is 1.16 bits per heavy atom. The zero-order valence-corrected chi connectivity index (χ0v) is 18.1. The summed E-state index contributed by atoms with van der Waals surface area (Å²) in [7, 11) is 1.83. The van der Waals surface area contributed by atoms with Crippen LogP contribution in [0.4, 0.5) is 0 Å². The first-order valence-electron chi connectivity index (χ1n) is 8.40. The monoisotopic (exact) mass is 378 g/mol. The molecule has 0 fully saturated rings. The van der Waals surface area contributed by atoms with Crippen LogP contribution >= 0.6 is 0 Å². The number of ether oxygens (including phenoxy) is 2. The van der Waals surface area contributed by atoms with Crippen molar-refractivity contribution in [2.75, 3.05) is 21.3 Å². The molecule has 25 heavy (non-hydrogen) atoms. The van der Waals surface area contributed by atoms with Crippen molar-refractivity contribution in [1.29, 1.82) is 0 Å². The maximum absolute atomic E-state index is 12.4. The number of carbonyl (C=O) groups excluding carboxylic acids is 2. The minimum Gasteiger partial charge on any atom is -0.459 e. The van der Waals surface area contributed by atoms with Crippen molar-refractivity contribution in [3.8, 4) is 0 Å². The number of esters is 2. The molecular formula is C17H34O7Si. The van der Waals surface area contributed by atoms with Crippen molar-refractivity contribution in [3.05, 3.63) is 0 Å². The normalized spacial score (nSPS) is 13.0. The summed E-state index contributed by atoms with van der Waals surface area (Å²) in [4.78, 5) is 24.9. The molecule has 0 heterocycles. The molecule has 0 spiro atoms. The van der Waals surface area contributed by atoms with Gasteiger partial charge in [-0.05, 0) is 54.4 Å². The third kappa shape index (κ3) is 9.34. The van der Waals surface area contributed by atoms with Gasteiger partial charge in [-0.3, -0.25) is 9.59 Å². The Kier molecular flexibility index (Phi) is 9.28. The van der Waals surface area contributed by atoms with E-state index in [1.54, 1.807) is 41.5 Å². The number of carbonyl (C=O) groups is 2. The van der Waals surface area contributed by atoms with Crippen LogP contribution in [0.25, 0.3) is 0 Å². The molecule has 0 aliphatic rings. The van der Waals surface area contributed by atoms with Gasteiger partial charge in [0.25, 0.3) is 0 Å². The van der Waals surface area contributed by atoms with Gasteiger partial charge in [0.05, 0.1) is 0 Å². The second-order valence-electron chi connectivity index (χ2n) is 7.81. The summed E-state index contributed by atoms with van der Waals surface area (Å²) in [6.07, 6.45) is 0.777. The standard InChI is InChI=1S/C17H34O7Si/c1-16(2,3)23-14(18)13(15(19)24-17(4,5)6)11-10-12-25(20-7,21-8)22-9/h13H,10-12H2,1-9H3. The van der Waals surface area contributed by atoms with Crippen LogP contribution in [0.2, 0.25) is 6.04 Å². The molecule has 0 aliphatic heterocycles. The maximum Gasteiger partial charge on any atom is 0.500 e. The molecule has 0 atom stereocenters. The molecule has 0 aromatic carbocycles. The van der Waals surface area contributed by atoms with E-state index < -0.39 is 37.9 Å². The highest BCUT2D eigenvalue weighted by Crippen LogP contribution is 2.23. The Morgan fingerprint density at radius 3 is 1.44 bits per heavy atom. The van der Waals surface area contributed by atoms with E-state index in [-0.39, 0.29) is 6.42 Å². The van der Waals surface area contributed by atoms with Gasteiger partial charge in [0.1, 0.15) is 11.2 Å². The van der Waals surface area contributed by atoms with Gasteiger partial charge in [-0.2, -0.15) is 0 Å². The van der Waals surface area contributed by atoms with E-state index in [9.17, 15) is 9.59 Å². The Morgan fingerprint density at radius 1 is 0.800 bits per heavy atom. The SMILES string of the molecule is CO[Si](CCCC(C(=O)OC(C)(C)C)C(=O)OC(C)(C)C)(OC)OC. The molecule has 0 bridgehead atoms. The quantitative estimate of drug-likeness (QED) is 0.347. The molecular weight excluding hydrogens is 344 g/mol. The third-order valence-corrected chi connectivity index (χ3v) is 6.12. The molecule has 0 amide bonds. The van der Waals surface area contributed by atoms with Gasteiger partial charge in [0.2, 0.25) is 0 Å². The Balaban J connectivity index is 5.08. The van der Waals surface area contributed by atoms with E-state index in [0.717, 1.165) is 0 Å². The van der Waals surface area contributed by atoms with Gasteiger partial charge in [-0.15, -0.1) is 0 Å². The van der Waals surface area contributed by atoms with Crippen LogP contribution in [-0.2, 0) is 32.3 Å². The average Bonchev–Trinajstić information content (AvgIpc) is 2.44. The van der Waals surface area contributed by atoms with Gasteiger partial charge in [-0.1, -0.05) is 0 Å². The van der Waals surface area contributed by atoms with Crippen molar-refractivity contribution >= 4 is 20.7 Å². The molecule has 0 unspecified atom stereocenters. The van der Waals surface area contributed by atoms with E-state index in [1.807, 2.05) is 0 Å². The minimum absolute atomic E-state index is 0.272. The highest BCUT2D eigenvalue weighted by Gasteiger charge is 2.39. The lowest BCUT2D eigenvalue weighted by Crippen LogP contribution is -2.43. The summed E-state index contributed by atoms with van der Waals surface area (Å²) in [5, 5.41) is 0. The maximum atomic E-state index is 12.4. The predicted octanol–water partition coefficient (Wildman–Crippen LogP) is 2.94. The van der Waals surface area contributed by atoms with Crippen molar-refractivity contribution in [2.24, 2.45) is 5.92 Å². The van der Waals surface area contributed by atoms with Crippen molar-refractivity contribution in [3.63, 3.8) is 0 Å². The third-order valence-electron chi connectivity index (χ3n) is 3.29. The summed E-state index contributed by atoms with van der Waals surface area (Å²) in [6.45, 7) is 10.6. The molecule has 0 saturated carbocycles. The van der Waals surface area contributed by atoms with Crippen LogP contribution in [0.3, 0.4) is 0 Å². The van der Waals surface area contributed by atoms with Crippen LogP contribution in [0.5, 0.6) is 0 Å². The van der Waals surface area contributed by atoms with Crippen LogP contribution in [0.15, 0.2) is 0 Å². The predicted molar refractivity (Wildman–Crippen MR) is 96.0 cm³/mol. The first kappa shape index (κ1) is 24.0. The molecule has 148 valence electrons. The van der Waals surface area contributed by atoms with Gasteiger partial charge < -0.3 is 22.8 Å². The molecule has 0 aromatic heterocycles. The summed E-state index contributed by atoms with van der Waals surface area (Å²) in [5.74, 6) is -2.15. The highest BCUT2D eigenvalue weighted by atomic mass is 28.4. The van der Waals surface area contributed by atoms with Crippen LogP contribution < -0.4 is 0 Å². The molecule has 0 radical (unpaired) electrons. The average molecular weight is 379 g/mol. The smallest absolute Gasteiger partial charge is 0.459 e. The molecule has 0 N–H and O–H groups in total. The fraction of sp³-hybridized carbons (Fsp3) is 0.882. The van der Waals surface area contributed by atoms with Crippen LogP contribution in [0, 0.1) is 5.92 Å². The van der Waals surface area contributed by atoms with Crippen molar-refractivity contribution in [1.82, 2.24) is 0 Å². The first-order chi connectivity index (χ1) is 11.3. The molecule has 7 nitrogen and oxygen atoms in total. The lowest BCUT2D eigenvalue weighted by Gasteiger charge is -2.27. The molecule has 0 rings (SSSR count). The largest absolute Gasteiger partial charge is 0.500 e. The zero-order valence-electron chi connectivity index (χ0n) is 17.1. The number of hydrogen-bond donors (Lipinski definition) is 0. The molecule has 8 heteroatoms. The van der Waals surface area contributed by atoms with Crippen LogP contribution in [0.1, 0.15) is 54.4 Å². The van der Waals surface area contributed by atoms with E-state index in [1.165, 1.54) is 21.3 Å². The number of hydrogen-bond acceptors (Lipinski definition) is 7. The molecule has 0 aromatic rings. The lowest BCUT2D eigenvalue weighted by atomic mass is 10.0. The van der Waals surface area contributed by atoms with E-state index in [2.05, 4.69) is 0 Å². The highest BCUT2D eigenvalue weighted by molar-refractivity contribution is 6.60. The Hall–Kier alpha value is -0.963. The van der Waals surface area contributed by atoms with E-state index >= 15 is 0 Å². The van der Waals surface area contributed by atoms with Crippen molar-refractivity contribution in [2.45, 2.75) is 71.6 Å².